The molecule has 1 heterocycles. The fourth-order valence-electron chi connectivity index (χ4n) is 2.12. The molecular formula is C13H26N2O3. The average Bonchev–Trinajstić information content (AvgIpc) is 3.13. The van der Waals surface area contributed by atoms with Crippen LogP contribution in [-0.2, 0) is 9.47 Å². The van der Waals surface area contributed by atoms with Crippen molar-refractivity contribution in [3.05, 3.63) is 0 Å². The van der Waals surface area contributed by atoms with Crippen molar-refractivity contribution in [1.82, 2.24) is 10.2 Å². The zero-order chi connectivity index (χ0) is 12.8. The van der Waals surface area contributed by atoms with Crippen molar-refractivity contribution >= 4 is 0 Å². The van der Waals surface area contributed by atoms with Gasteiger partial charge in [0, 0.05) is 32.8 Å². The van der Waals surface area contributed by atoms with Crippen molar-refractivity contribution in [2.45, 2.75) is 25.0 Å². The van der Waals surface area contributed by atoms with E-state index in [9.17, 15) is 5.11 Å². The Labute approximate surface area is 109 Å². The lowest BCUT2D eigenvalue weighted by atomic mass is 10.2. The molecule has 1 saturated carbocycles. The summed E-state index contributed by atoms with van der Waals surface area (Å²) in [5.74, 6) is 0.760. The van der Waals surface area contributed by atoms with Crippen LogP contribution in [0.1, 0.15) is 12.8 Å². The molecule has 2 rings (SSSR count). The Morgan fingerprint density at radius 1 is 1.50 bits per heavy atom. The molecule has 2 atom stereocenters. The van der Waals surface area contributed by atoms with E-state index < -0.39 is 6.10 Å². The molecule has 0 spiro atoms. The summed E-state index contributed by atoms with van der Waals surface area (Å²) >= 11 is 0. The predicted octanol–water partition coefficient (Wildman–Crippen LogP) is -0.306. The lowest BCUT2D eigenvalue weighted by Crippen LogP contribution is -2.46. The third-order valence-corrected chi connectivity index (χ3v) is 3.45. The summed E-state index contributed by atoms with van der Waals surface area (Å²) in [6.07, 6.45) is 2.41. The number of hydrogen-bond donors (Lipinski definition) is 2. The molecule has 0 bridgehead atoms. The maximum atomic E-state index is 9.73. The van der Waals surface area contributed by atoms with Gasteiger partial charge in [0.15, 0.2) is 0 Å². The number of likely N-dealkylation sites (N-methyl/N-ethyl adjacent to an activating group) is 1. The zero-order valence-corrected chi connectivity index (χ0v) is 11.3. The van der Waals surface area contributed by atoms with E-state index in [0.717, 1.165) is 38.8 Å². The molecule has 106 valence electrons. The lowest BCUT2D eigenvalue weighted by molar-refractivity contribution is -0.0210. The number of aliphatic hydroxyl groups excluding tert-OH is 1. The first-order valence-electron chi connectivity index (χ1n) is 7.00. The van der Waals surface area contributed by atoms with Gasteiger partial charge in [-0.25, -0.2) is 0 Å². The second-order valence-corrected chi connectivity index (χ2v) is 5.55. The monoisotopic (exact) mass is 258 g/mol. The first kappa shape index (κ1) is 14.2. The maximum Gasteiger partial charge on any atom is 0.0897 e. The third-order valence-electron chi connectivity index (χ3n) is 3.45. The number of nitrogens with one attached hydrogen (secondary N) is 1. The Morgan fingerprint density at radius 3 is 3.06 bits per heavy atom. The fourth-order valence-corrected chi connectivity index (χ4v) is 2.12. The van der Waals surface area contributed by atoms with E-state index >= 15 is 0 Å². The van der Waals surface area contributed by atoms with Gasteiger partial charge < -0.3 is 24.8 Å². The summed E-state index contributed by atoms with van der Waals surface area (Å²) in [7, 11) is 2.11. The highest BCUT2D eigenvalue weighted by Gasteiger charge is 2.21. The van der Waals surface area contributed by atoms with Crippen molar-refractivity contribution in [3.63, 3.8) is 0 Å². The normalized spacial score (nSPS) is 27.3. The smallest absolute Gasteiger partial charge is 0.0897 e. The summed E-state index contributed by atoms with van der Waals surface area (Å²) < 4.78 is 11.1. The third kappa shape index (κ3) is 5.63. The van der Waals surface area contributed by atoms with E-state index in [1.807, 2.05) is 0 Å². The molecule has 0 radical (unpaired) electrons. The minimum atomic E-state index is -0.412. The highest BCUT2D eigenvalue weighted by Crippen LogP contribution is 2.28. The van der Waals surface area contributed by atoms with Gasteiger partial charge in [-0.15, -0.1) is 0 Å². The van der Waals surface area contributed by atoms with E-state index in [1.54, 1.807) is 0 Å². The Morgan fingerprint density at radius 2 is 2.33 bits per heavy atom. The van der Waals surface area contributed by atoms with Gasteiger partial charge in [-0.1, -0.05) is 0 Å². The summed E-state index contributed by atoms with van der Waals surface area (Å²) in [4.78, 5) is 2.27. The maximum absolute atomic E-state index is 9.73. The number of ether oxygens (including phenoxy) is 2. The topological polar surface area (TPSA) is 54.0 Å². The summed E-state index contributed by atoms with van der Waals surface area (Å²) in [6.45, 7) is 5.39. The first-order valence-corrected chi connectivity index (χ1v) is 7.00. The molecule has 18 heavy (non-hydrogen) atoms. The van der Waals surface area contributed by atoms with E-state index in [2.05, 4.69) is 17.3 Å². The van der Waals surface area contributed by atoms with Gasteiger partial charge in [0.25, 0.3) is 0 Å². The van der Waals surface area contributed by atoms with E-state index in [-0.39, 0.29) is 6.10 Å². The Hall–Kier alpha value is -0.200. The quantitative estimate of drug-likeness (QED) is 0.626. The minimum absolute atomic E-state index is 0.239. The van der Waals surface area contributed by atoms with Crippen LogP contribution in [0.25, 0.3) is 0 Å². The molecule has 0 aromatic heterocycles. The van der Waals surface area contributed by atoms with Crippen molar-refractivity contribution < 1.29 is 14.6 Å². The van der Waals surface area contributed by atoms with Crippen molar-refractivity contribution in [2.24, 2.45) is 5.92 Å². The number of morpholine rings is 1. The minimum Gasteiger partial charge on any atom is -0.389 e. The van der Waals surface area contributed by atoms with Crippen LogP contribution >= 0.6 is 0 Å². The molecule has 1 aliphatic carbocycles. The molecule has 1 saturated heterocycles. The standard InChI is InChI=1S/C13H26N2O3/c1-15-4-5-18-13(8-15)7-14-6-12(16)10-17-9-11-2-3-11/h11-14,16H,2-10H2,1H3. The molecule has 0 aromatic carbocycles. The number of rotatable bonds is 8. The van der Waals surface area contributed by atoms with Crippen LogP contribution in [0.3, 0.4) is 0 Å². The second-order valence-electron chi connectivity index (χ2n) is 5.55. The highest BCUT2D eigenvalue weighted by atomic mass is 16.5. The van der Waals surface area contributed by atoms with Crippen LogP contribution in [0.5, 0.6) is 0 Å². The van der Waals surface area contributed by atoms with Gasteiger partial charge in [-0.2, -0.15) is 0 Å². The van der Waals surface area contributed by atoms with E-state index in [1.165, 1.54) is 12.8 Å². The van der Waals surface area contributed by atoms with E-state index in [4.69, 9.17) is 9.47 Å². The van der Waals surface area contributed by atoms with Gasteiger partial charge in [-0.3, -0.25) is 0 Å². The molecule has 5 heteroatoms. The first-order chi connectivity index (χ1) is 8.74. The van der Waals surface area contributed by atoms with E-state index in [0.29, 0.717) is 13.2 Å². The Balaban J connectivity index is 1.45. The molecule has 0 aromatic rings. The second kappa shape index (κ2) is 7.40. The molecule has 2 N–H and O–H groups in total. The van der Waals surface area contributed by atoms with Crippen molar-refractivity contribution in [2.75, 3.05) is 53.0 Å². The van der Waals surface area contributed by atoms with Crippen LogP contribution < -0.4 is 5.32 Å². The molecule has 2 fully saturated rings. The molecule has 2 aliphatic rings. The van der Waals surface area contributed by atoms with Crippen LogP contribution in [0.15, 0.2) is 0 Å². The molecule has 1 aliphatic heterocycles. The largest absolute Gasteiger partial charge is 0.389 e. The number of hydrogen-bond acceptors (Lipinski definition) is 5. The van der Waals surface area contributed by atoms with Gasteiger partial charge in [-0.05, 0) is 25.8 Å². The van der Waals surface area contributed by atoms with Crippen LogP contribution in [0, 0.1) is 5.92 Å². The number of aliphatic hydroxyl groups is 1. The van der Waals surface area contributed by atoms with Gasteiger partial charge in [0.1, 0.15) is 0 Å². The summed E-state index contributed by atoms with van der Waals surface area (Å²) in [6, 6.07) is 0. The molecule has 0 amide bonds. The van der Waals surface area contributed by atoms with Gasteiger partial charge in [0.2, 0.25) is 0 Å². The lowest BCUT2D eigenvalue weighted by Gasteiger charge is -2.30. The average molecular weight is 258 g/mol. The Kier molecular flexibility index (Phi) is 5.85. The van der Waals surface area contributed by atoms with Crippen LogP contribution in [0.2, 0.25) is 0 Å². The molecular weight excluding hydrogens is 232 g/mol. The zero-order valence-electron chi connectivity index (χ0n) is 11.3. The number of nitrogens with zero attached hydrogens (tertiary/aromatic N) is 1. The van der Waals surface area contributed by atoms with Crippen LogP contribution in [-0.4, -0.2) is 75.3 Å². The fraction of sp³-hybridized carbons (Fsp3) is 1.00. The molecule has 5 nitrogen and oxygen atoms in total. The molecule has 2 unspecified atom stereocenters. The van der Waals surface area contributed by atoms with Crippen molar-refractivity contribution in [1.29, 1.82) is 0 Å². The Bertz CT molecular complexity index is 236. The SMILES string of the molecule is CN1CCOC(CNCC(O)COCC2CC2)C1. The van der Waals surface area contributed by atoms with Gasteiger partial charge in [0.05, 0.1) is 25.4 Å². The van der Waals surface area contributed by atoms with Crippen LogP contribution in [0.4, 0.5) is 0 Å². The summed E-state index contributed by atoms with van der Waals surface area (Å²) in [5, 5.41) is 13.0. The summed E-state index contributed by atoms with van der Waals surface area (Å²) in [5.41, 5.74) is 0. The predicted molar refractivity (Wildman–Crippen MR) is 69.7 cm³/mol. The highest BCUT2D eigenvalue weighted by molar-refractivity contribution is 4.73. The van der Waals surface area contributed by atoms with Gasteiger partial charge >= 0.3 is 0 Å². The van der Waals surface area contributed by atoms with Crippen molar-refractivity contribution in [3.8, 4) is 0 Å².